The van der Waals surface area contributed by atoms with Gasteiger partial charge in [-0.25, -0.2) is 0 Å². The van der Waals surface area contributed by atoms with Crippen LogP contribution in [0.15, 0.2) is 79.0 Å². The van der Waals surface area contributed by atoms with E-state index in [0.29, 0.717) is 5.11 Å². The minimum absolute atomic E-state index is 0.0907. The maximum absolute atomic E-state index is 5.93. The second-order valence-corrected chi connectivity index (χ2v) is 10.4. The van der Waals surface area contributed by atoms with Crippen LogP contribution in [-0.4, -0.2) is 48.1 Å². The molecule has 4 aromatic rings. The van der Waals surface area contributed by atoms with Gasteiger partial charge in [-0.05, 0) is 86.2 Å². The van der Waals surface area contributed by atoms with E-state index in [1.807, 2.05) is 36.5 Å². The van der Waals surface area contributed by atoms with Gasteiger partial charge in [-0.2, -0.15) is 0 Å². The van der Waals surface area contributed by atoms with Crippen molar-refractivity contribution in [2.45, 2.75) is 25.9 Å². The maximum atomic E-state index is 5.93. The van der Waals surface area contributed by atoms with E-state index in [-0.39, 0.29) is 12.1 Å². The number of aryl methyl sites for hydroxylation is 1. The lowest BCUT2D eigenvalue weighted by atomic mass is 9.96. The van der Waals surface area contributed by atoms with E-state index in [0.717, 1.165) is 49.1 Å². The fourth-order valence-corrected chi connectivity index (χ4v) is 6.17. The number of benzene rings is 2. The molecule has 4 heterocycles. The lowest BCUT2D eigenvalue weighted by Gasteiger charge is -2.29. The van der Waals surface area contributed by atoms with Gasteiger partial charge in [-0.1, -0.05) is 12.1 Å². The number of methoxy groups -OCH3 is 1. The molecule has 200 valence electrons. The number of hydrogen-bond acceptors (Lipinski definition) is 5. The molecule has 2 atom stereocenters. The molecule has 0 saturated carbocycles. The largest absolute Gasteiger partial charge is 0.497 e. The molecule has 2 saturated heterocycles. The Kier molecular flexibility index (Phi) is 6.97. The first-order chi connectivity index (χ1) is 19.0. The van der Waals surface area contributed by atoms with Crippen LogP contribution in [0.5, 0.6) is 5.75 Å². The van der Waals surface area contributed by atoms with Crippen molar-refractivity contribution in [3.63, 3.8) is 0 Å². The third kappa shape index (κ3) is 4.75. The van der Waals surface area contributed by atoms with Crippen molar-refractivity contribution >= 4 is 28.7 Å². The molecule has 6 rings (SSSR count). The first-order valence-electron chi connectivity index (χ1n) is 13.3. The number of aromatic nitrogens is 2. The van der Waals surface area contributed by atoms with E-state index in [9.17, 15) is 0 Å². The van der Waals surface area contributed by atoms with E-state index in [1.54, 1.807) is 7.11 Å². The predicted octanol–water partition coefficient (Wildman–Crippen LogP) is 5.51. The Balaban J connectivity index is 1.42. The zero-order valence-corrected chi connectivity index (χ0v) is 23.3. The maximum Gasteiger partial charge on any atom is 0.174 e. The molecule has 2 fully saturated rings. The van der Waals surface area contributed by atoms with Crippen molar-refractivity contribution < 1.29 is 9.47 Å². The molecule has 1 N–H and O–H groups in total. The van der Waals surface area contributed by atoms with Crippen LogP contribution in [0.25, 0.3) is 5.69 Å². The molecule has 2 aromatic carbocycles. The van der Waals surface area contributed by atoms with Gasteiger partial charge in [0, 0.05) is 53.8 Å². The van der Waals surface area contributed by atoms with Crippen molar-refractivity contribution in [1.29, 1.82) is 0 Å². The number of rotatable bonds is 6. The zero-order chi connectivity index (χ0) is 26.9. The second kappa shape index (κ2) is 10.7. The molecular weight excluding hydrogens is 506 g/mol. The van der Waals surface area contributed by atoms with Crippen molar-refractivity contribution in [3.05, 3.63) is 102 Å². The average molecular weight is 540 g/mol. The summed E-state index contributed by atoms with van der Waals surface area (Å²) >= 11 is 5.93. The Bertz CT molecular complexity index is 1460. The van der Waals surface area contributed by atoms with Crippen LogP contribution < -0.4 is 19.9 Å². The molecule has 0 amide bonds. The quantitative estimate of drug-likeness (QED) is 0.324. The van der Waals surface area contributed by atoms with E-state index in [1.165, 1.54) is 22.6 Å². The van der Waals surface area contributed by atoms with E-state index >= 15 is 0 Å². The molecule has 7 nitrogen and oxygen atoms in total. The van der Waals surface area contributed by atoms with Gasteiger partial charge in [-0.15, -0.1) is 0 Å². The van der Waals surface area contributed by atoms with Crippen molar-refractivity contribution in [2.75, 3.05) is 43.2 Å². The van der Waals surface area contributed by atoms with Crippen LogP contribution in [0.4, 0.5) is 11.4 Å². The number of nitrogens with one attached hydrogen (secondary N) is 1. The smallest absolute Gasteiger partial charge is 0.174 e. The number of anilines is 2. The molecule has 0 unspecified atom stereocenters. The van der Waals surface area contributed by atoms with Gasteiger partial charge >= 0.3 is 0 Å². The standard InChI is InChI=1S/C31H33N5O2S/c1-21-19-27(22(2)35(21)24-12-10-23(11-13-24)34-15-17-38-18-16-34)30-29(28-9-4-5-14-32-28)33-31(39)36(30)25-7-6-8-26(20-25)37-3/h4-14,19-20,29-30H,15-18H2,1-3H3,(H,33,39)/t29-,30-/m1/s1. The van der Waals surface area contributed by atoms with Gasteiger partial charge in [-0.3, -0.25) is 4.98 Å². The van der Waals surface area contributed by atoms with Crippen molar-refractivity contribution in [1.82, 2.24) is 14.9 Å². The van der Waals surface area contributed by atoms with Gasteiger partial charge < -0.3 is 29.2 Å². The third-order valence-corrected chi connectivity index (χ3v) is 8.02. The molecule has 2 aromatic heterocycles. The Morgan fingerprint density at radius 3 is 2.41 bits per heavy atom. The Labute approximate surface area is 235 Å². The number of pyridine rings is 1. The Morgan fingerprint density at radius 2 is 1.69 bits per heavy atom. The summed E-state index contributed by atoms with van der Waals surface area (Å²) in [5.74, 6) is 0.793. The zero-order valence-electron chi connectivity index (χ0n) is 22.5. The summed E-state index contributed by atoms with van der Waals surface area (Å²) in [5, 5.41) is 4.24. The monoisotopic (exact) mass is 539 g/mol. The van der Waals surface area contributed by atoms with Crippen LogP contribution in [-0.2, 0) is 4.74 Å². The molecule has 0 radical (unpaired) electrons. The first-order valence-corrected chi connectivity index (χ1v) is 13.7. The van der Waals surface area contributed by atoms with Crippen molar-refractivity contribution in [3.8, 4) is 11.4 Å². The fourth-order valence-electron chi connectivity index (χ4n) is 5.83. The highest BCUT2D eigenvalue weighted by atomic mass is 32.1. The minimum Gasteiger partial charge on any atom is -0.497 e. The number of thiocarbonyl (C=S) groups is 1. The first kappa shape index (κ1) is 25.4. The molecule has 0 bridgehead atoms. The third-order valence-electron chi connectivity index (χ3n) is 7.70. The molecular formula is C31H33N5O2S. The topological polar surface area (TPSA) is 54.8 Å². The minimum atomic E-state index is -0.109. The van der Waals surface area contributed by atoms with E-state index in [4.69, 9.17) is 26.7 Å². The Hall–Kier alpha value is -3.88. The SMILES string of the molecule is COc1cccc(N2C(=S)N[C@H](c3ccccn3)[C@H]2c2cc(C)n(-c3ccc(N4CCOCC4)cc3)c2C)c1. The average Bonchev–Trinajstić information content (AvgIpc) is 3.48. The second-order valence-electron chi connectivity index (χ2n) is 9.98. The molecule has 0 aliphatic carbocycles. The summed E-state index contributed by atoms with van der Waals surface area (Å²) in [6, 6.07) is 25.0. The summed E-state index contributed by atoms with van der Waals surface area (Å²) in [4.78, 5) is 9.29. The summed E-state index contributed by atoms with van der Waals surface area (Å²) in [5.41, 5.74) is 7.86. The molecule has 8 heteroatoms. The highest BCUT2D eigenvalue weighted by Gasteiger charge is 2.42. The van der Waals surface area contributed by atoms with Crippen molar-refractivity contribution in [2.24, 2.45) is 0 Å². The van der Waals surface area contributed by atoms with Gasteiger partial charge in [0.15, 0.2) is 5.11 Å². The molecule has 2 aliphatic heterocycles. The number of ether oxygens (including phenoxy) is 2. The molecule has 2 aliphatic rings. The number of morpholine rings is 1. The summed E-state index contributed by atoms with van der Waals surface area (Å²) < 4.78 is 13.4. The predicted molar refractivity (Wildman–Crippen MR) is 159 cm³/mol. The normalized spacial score (nSPS) is 19.3. The van der Waals surface area contributed by atoms with Crippen LogP contribution in [0.2, 0.25) is 0 Å². The molecule has 39 heavy (non-hydrogen) atoms. The van der Waals surface area contributed by atoms with Gasteiger partial charge in [0.2, 0.25) is 0 Å². The number of hydrogen-bond donors (Lipinski definition) is 1. The van der Waals surface area contributed by atoms with Gasteiger partial charge in [0.05, 0.1) is 38.1 Å². The summed E-state index contributed by atoms with van der Waals surface area (Å²) in [6.07, 6.45) is 1.84. The number of nitrogens with zero attached hydrogens (tertiary/aromatic N) is 4. The fraction of sp³-hybridized carbons (Fsp3) is 0.290. The summed E-state index contributed by atoms with van der Waals surface area (Å²) in [6.45, 7) is 7.76. The lowest BCUT2D eigenvalue weighted by molar-refractivity contribution is 0.122. The van der Waals surface area contributed by atoms with Crippen LogP contribution >= 0.6 is 12.2 Å². The Morgan fingerprint density at radius 1 is 0.923 bits per heavy atom. The van der Waals surface area contributed by atoms with Crippen LogP contribution in [0.1, 0.15) is 34.7 Å². The van der Waals surface area contributed by atoms with Crippen LogP contribution in [0, 0.1) is 13.8 Å². The highest BCUT2D eigenvalue weighted by molar-refractivity contribution is 7.80. The van der Waals surface area contributed by atoms with E-state index < -0.39 is 0 Å². The highest BCUT2D eigenvalue weighted by Crippen LogP contribution is 2.44. The molecule has 0 spiro atoms. The van der Waals surface area contributed by atoms with E-state index in [2.05, 4.69) is 76.0 Å². The summed E-state index contributed by atoms with van der Waals surface area (Å²) in [7, 11) is 1.69. The van der Waals surface area contributed by atoms with Gasteiger partial charge in [0.1, 0.15) is 5.75 Å². The lowest BCUT2D eigenvalue weighted by Crippen LogP contribution is -2.36. The van der Waals surface area contributed by atoms with Crippen LogP contribution in [0.3, 0.4) is 0 Å². The van der Waals surface area contributed by atoms with Gasteiger partial charge in [0.25, 0.3) is 0 Å².